The molecule has 1 aliphatic heterocycles. The molecule has 2 aliphatic rings. The van der Waals surface area contributed by atoms with Crippen LogP contribution in [0.5, 0.6) is 0 Å². The number of likely N-dealkylation sites (tertiary alicyclic amines) is 1. The zero-order valence-electron chi connectivity index (χ0n) is 17.6. The van der Waals surface area contributed by atoms with Gasteiger partial charge in [-0.05, 0) is 68.2 Å². The molecule has 1 atom stereocenters. The zero-order chi connectivity index (χ0) is 20.5. The third kappa shape index (κ3) is 3.74. The monoisotopic (exact) mass is 406 g/mol. The normalized spacial score (nSPS) is 25.3. The van der Waals surface area contributed by atoms with Crippen LogP contribution >= 0.6 is 0 Å². The van der Waals surface area contributed by atoms with Gasteiger partial charge < -0.3 is 9.72 Å². The molecule has 3 aromatic rings. The topological polar surface area (TPSA) is 71.1 Å². The van der Waals surface area contributed by atoms with E-state index in [9.17, 15) is 4.79 Å². The van der Waals surface area contributed by atoms with E-state index in [1.54, 1.807) is 7.11 Å². The van der Waals surface area contributed by atoms with Crippen molar-refractivity contribution in [3.05, 3.63) is 36.3 Å². The van der Waals surface area contributed by atoms with Crippen molar-refractivity contribution in [2.45, 2.75) is 38.0 Å². The number of nitrogens with zero attached hydrogens (tertiary/aromatic N) is 3. The van der Waals surface area contributed by atoms with Crippen molar-refractivity contribution in [2.75, 3.05) is 33.4 Å². The number of ketones is 1. The van der Waals surface area contributed by atoms with Crippen LogP contribution in [0, 0.1) is 11.8 Å². The molecule has 1 saturated carbocycles. The van der Waals surface area contributed by atoms with Crippen LogP contribution in [0.15, 0.2) is 30.7 Å². The minimum atomic E-state index is 0.214. The molecule has 4 heterocycles. The maximum absolute atomic E-state index is 12.9. The van der Waals surface area contributed by atoms with Crippen molar-refractivity contribution in [1.82, 2.24) is 19.9 Å². The summed E-state index contributed by atoms with van der Waals surface area (Å²) in [5.41, 5.74) is 3.24. The minimum absolute atomic E-state index is 0.214. The van der Waals surface area contributed by atoms with E-state index in [1.165, 1.54) is 10.9 Å². The molecule has 1 saturated heterocycles. The highest BCUT2D eigenvalue weighted by Crippen LogP contribution is 2.40. The first-order chi connectivity index (χ1) is 14.7. The van der Waals surface area contributed by atoms with E-state index in [4.69, 9.17) is 4.74 Å². The first-order valence-electron chi connectivity index (χ1n) is 11.2. The Balaban J connectivity index is 1.25. The van der Waals surface area contributed by atoms with Crippen molar-refractivity contribution < 1.29 is 9.53 Å². The fourth-order valence-corrected chi connectivity index (χ4v) is 5.53. The first kappa shape index (κ1) is 19.6. The SMILES string of the molecule is COCC1CCN(CC(=O)C2CCC(c3cc[nH]c4cnc5nccc5c34)CC2)C1. The second-order valence-corrected chi connectivity index (χ2v) is 9.02. The summed E-state index contributed by atoms with van der Waals surface area (Å²) in [6, 6.07) is 4.27. The molecule has 1 unspecified atom stereocenters. The summed E-state index contributed by atoms with van der Waals surface area (Å²) < 4.78 is 5.28. The standard InChI is InChI=1S/C24H30N4O2/c1-30-15-16-8-11-28(13-16)14-22(29)18-4-2-17(3-5-18)19-6-9-25-21-12-27-24-20(23(19)21)7-10-26-24/h6-7,9-10,12,16-18,25H,2-5,8,11,13-15H2,1H3. The van der Waals surface area contributed by atoms with Crippen LogP contribution in [0.1, 0.15) is 43.6 Å². The molecule has 1 N–H and O–H groups in total. The number of ether oxygens (including phenoxy) is 1. The number of nitrogens with one attached hydrogen (secondary N) is 1. The fourth-order valence-electron chi connectivity index (χ4n) is 5.53. The molecule has 0 radical (unpaired) electrons. The largest absolute Gasteiger partial charge is 0.384 e. The number of methoxy groups -OCH3 is 1. The van der Waals surface area contributed by atoms with Gasteiger partial charge in [0, 0.05) is 42.7 Å². The molecule has 0 bridgehead atoms. The first-order valence-corrected chi connectivity index (χ1v) is 11.2. The van der Waals surface area contributed by atoms with Crippen LogP contribution in [0.25, 0.3) is 21.9 Å². The molecule has 2 fully saturated rings. The van der Waals surface area contributed by atoms with Crippen molar-refractivity contribution in [3.8, 4) is 0 Å². The number of carbonyl (C=O) groups excluding carboxylic acids is 1. The Morgan fingerprint density at radius 1 is 1.20 bits per heavy atom. The number of H-pyrrole nitrogens is 1. The number of fused-ring (bicyclic) bond motifs is 3. The predicted molar refractivity (Wildman–Crippen MR) is 118 cm³/mol. The molecule has 6 heteroatoms. The van der Waals surface area contributed by atoms with Gasteiger partial charge in [0.05, 0.1) is 24.9 Å². The molecule has 0 aromatic carbocycles. The number of pyridine rings is 2. The number of hydrogen-bond acceptors (Lipinski definition) is 5. The molecular weight excluding hydrogens is 376 g/mol. The van der Waals surface area contributed by atoms with Crippen molar-refractivity contribution in [3.63, 3.8) is 0 Å². The van der Waals surface area contributed by atoms with Gasteiger partial charge in [-0.25, -0.2) is 9.97 Å². The summed E-state index contributed by atoms with van der Waals surface area (Å²) in [4.78, 5) is 27.4. The van der Waals surface area contributed by atoms with Crippen LogP contribution in [0.3, 0.4) is 0 Å². The van der Waals surface area contributed by atoms with Gasteiger partial charge >= 0.3 is 0 Å². The number of rotatable bonds is 6. The molecule has 1 aliphatic carbocycles. The van der Waals surface area contributed by atoms with E-state index in [0.717, 1.165) is 68.4 Å². The molecule has 6 nitrogen and oxygen atoms in total. The van der Waals surface area contributed by atoms with Gasteiger partial charge in [-0.1, -0.05) is 0 Å². The number of hydrogen-bond donors (Lipinski definition) is 1. The summed E-state index contributed by atoms with van der Waals surface area (Å²) in [6.45, 7) is 3.45. The Morgan fingerprint density at radius 2 is 2.07 bits per heavy atom. The van der Waals surface area contributed by atoms with E-state index in [2.05, 4.69) is 32.0 Å². The van der Waals surface area contributed by atoms with E-state index < -0.39 is 0 Å². The van der Waals surface area contributed by atoms with Gasteiger partial charge in [0.15, 0.2) is 5.65 Å². The zero-order valence-corrected chi connectivity index (χ0v) is 17.6. The molecule has 30 heavy (non-hydrogen) atoms. The van der Waals surface area contributed by atoms with Crippen molar-refractivity contribution >= 4 is 27.7 Å². The summed E-state index contributed by atoms with van der Waals surface area (Å²) >= 11 is 0. The molecule has 5 rings (SSSR count). The third-order valence-corrected chi connectivity index (χ3v) is 7.10. The second kappa shape index (κ2) is 8.44. The summed E-state index contributed by atoms with van der Waals surface area (Å²) in [5.74, 6) is 1.72. The maximum atomic E-state index is 12.9. The van der Waals surface area contributed by atoms with Gasteiger partial charge in [-0.15, -0.1) is 0 Å². The average Bonchev–Trinajstić information content (AvgIpc) is 3.43. The smallest absolute Gasteiger partial charge is 0.159 e. The average molecular weight is 407 g/mol. The van der Waals surface area contributed by atoms with Gasteiger partial charge in [0.2, 0.25) is 0 Å². The molecule has 158 valence electrons. The van der Waals surface area contributed by atoms with Gasteiger partial charge in [0.1, 0.15) is 5.78 Å². The minimum Gasteiger partial charge on any atom is -0.384 e. The highest BCUT2D eigenvalue weighted by molar-refractivity contribution is 6.05. The Kier molecular flexibility index (Phi) is 5.52. The number of Topliss-reactive ketones (excluding diaryl/α,β-unsaturated/α-hetero) is 1. The van der Waals surface area contributed by atoms with Crippen molar-refractivity contribution in [2.24, 2.45) is 11.8 Å². The lowest BCUT2D eigenvalue weighted by atomic mass is 9.76. The Labute approximate surface area is 177 Å². The predicted octanol–water partition coefficient (Wildman–Crippen LogP) is 3.92. The lowest BCUT2D eigenvalue weighted by molar-refractivity contribution is -0.124. The summed E-state index contributed by atoms with van der Waals surface area (Å²) in [7, 11) is 1.76. The van der Waals surface area contributed by atoms with E-state index in [0.29, 0.717) is 24.2 Å². The van der Waals surface area contributed by atoms with Crippen LogP contribution < -0.4 is 0 Å². The van der Waals surface area contributed by atoms with Gasteiger partial charge in [-0.3, -0.25) is 9.69 Å². The Morgan fingerprint density at radius 3 is 2.90 bits per heavy atom. The lowest BCUT2D eigenvalue weighted by Gasteiger charge is -2.29. The Hall–Kier alpha value is -2.31. The third-order valence-electron chi connectivity index (χ3n) is 7.10. The second-order valence-electron chi connectivity index (χ2n) is 9.02. The Bertz CT molecular complexity index is 1040. The highest BCUT2D eigenvalue weighted by Gasteiger charge is 2.31. The number of aromatic amines is 1. The number of aromatic nitrogens is 3. The van der Waals surface area contributed by atoms with E-state index in [-0.39, 0.29) is 5.92 Å². The number of carbonyl (C=O) groups is 1. The highest BCUT2D eigenvalue weighted by atomic mass is 16.5. The fraction of sp³-hybridized carbons (Fsp3) is 0.542. The van der Waals surface area contributed by atoms with E-state index >= 15 is 0 Å². The molecular formula is C24H30N4O2. The lowest BCUT2D eigenvalue weighted by Crippen LogP contribution is -2.33. The van der Waals surface area contributed by atoms with Crippen LogP contribution in [-0.2, 0) is 9.53 Å². The molecule has 0 amide bonds. The van der Waals surface area contributed by atoms with Crippen LogP contribution in [-0.4, -0.2) is 59.0 Å². The van der Waals surface area contributed by atoms with E-state index in [1.807, 2.05) is 18.6 Å². The molecule has 0 spiro atoms. The summed E-state index contributed by atoms with van der Waals surface area (Å²) in [5, 5.41) is 2.37. The van der Waals surface area contributed by atoms with Gasteiger partial charge in [0.25, 0.3) is 0 Å². The maximum Gasteiger partial charge on any atom is 0.159 e. The van der Waals surface area contributed by atoms with Crippen molar-refractivity contribution in [1.29, 1.82) is 0 Å². The van der Waals surface area contributed by atoms with Gasteiger partial charge in [-0.2, -0.15) is 0 Å². The molecule has 3 aromatic heterocycles. The quantitative estimate of drug-likeness (QED) is 0.672. The van der Waals surface area contributed by atoms with Crippen LogP contribution in [0.2, 0.25) is 0 Å². The van der Waals surface area contributed by atoms with Crippen LogP contribution in [0.4, 0.5) is 0 Å². The summed E-state index contributed by atoms with van der Waals surface area (Å²) in [6.07, 6.45) is 11.0.